The molecule has 18 heavy (non-hydrogen) atoms. The normalized spacial score (nSPS) is 18.4. The van der Waals surface area contributed by atoms with E-state index in [0.717, 1.165) is 38.6 Å². The van der Waals surface area contributed by atoms with Crippen molar-refractivity contribution in [3.8, 4) is 0 Å². The fourth-order valence-corrected chi connectivity index (χ4v) is 2.49. The Morgan fingerprint density at radius 2 is 1.56 bits per heavy atom. The fourth-order valence-electron chi connectivity index (χ4n) is 2.49. The summed E-state index contributed by atoms with van der Waals surface area (Å²) >= 11 is 0. The quantitative estimate of drug-likeness (QED) is 0.810. The number of nitrogens with zero attached hydrogens (tertiary/aromatic N) is 2. The summed E-state index contributed by atoms with van der Waals surface area (Å²) in [6.45, 7) is 11.2. The van der Waals surface area contributed by atoms with Gasteiger partial charge in [-0.15, -0.1) is 0 Å². The Hall–Kier alpha value is -0.930. The van der Waals surface area contributed by atoms with Crippen molar-refractivity contribution in [2.75, 3.05) is 32.7 Å². The van der Waals surface area contributed by atoms with E-state index in [1.807, 2.05) is 12.1 Å². The number of hydrogen-bond acceptors (Lipinski definition) is 2. The molecule has 0 bridgehead atoms. The van der Waals surface area contributed by atoms with Gasteiger partial charge in [0.25, 0.3) is 0 Å². The van der Waals surface area contributed by atoms with Crippen LogP contribution in [0.2, 0.25) is 0 Å². The molecule has 1 aromatic rings. The van der Waals surface area contributed by atoms with E-state index >= 15 is 0 Å². The van der Waals surface area contributed by atoms with Crippen LogP contribution in [0.5, 0.6) is 0 Å². The lowest BCUT2D eigenvalue weighted by molar-refractivity contribution is 0.117. The first-order valence-corrected chi connectivity index (χ1v) is 6.82. The molecule has 0 radical (unpaired) electrons. The van der Waals surface area contributed by atoms with Crippen molar-refractivity contribution in [2.24, 2.45) is 5.92 Å². The second-order valence-electron chi connectivity index (χ2n) is 5.60. The molecule has 0 saturated carbocycles. The summed E-state index contributed by atoms with van der Waals surface area (Å²) in [6, 6.07) is 6.86. The Kier molecular flexibility index (Phi) is 4.72. The second-order valence-corrected chi connectivity index (χ2v) is 5.60. The first-order valence-electron chi connectivity index (χ1n) is 6.82. The SMILES string of the molecule is CC(C)CN1CCN(Cc2ccc(F)cc2)CC1. The molecule has 2 rings (SSSR count). The molecule has 0 spiro atoms. The minimum absolute atomic E-state index is 0.152. The molecule has 1 aromatic carbocycles. The Morgan fingerprint density at radius 1 is 1.00 bits per heavy atom. The molecule has 1 aliphatic rings. The molecular weight excluding hydrogens is 227 g/mol. The van der Waals surface area contributed by atoms with Crippen molar-refractivity contribution in [1.29, 1.82) is 0 Å². The van der Waals surface area contributed by atoms with Crippen molar-refractivity contribution in [2.45, 2.75) is 20.4 Å². The predicted molar refractivity (Wildman–Crippen MR) is 73.0 cm³/mol. The van der Waals surface area contributed by atoms with Crippen LogP contribution >= 0.6 is 0 Å². The first-order chi connectivity index (χ1) is 8.63. The zero-order chi connectivity index (χ0) is 13.0. The van der Waals surface area contributed by atoms with Gasteiger partial charge in [0.1, 0.15) is 5.82 Å². The lowest BCUT2D eigenvalue weighted by atomic mass is 10.1. The Bertz CT molecular complexity index is 353. The van der Waals surface area contributed by atoms with Crippen LogP contribution in [0.4, 0.5) is 4.39 Å². The van der Waals surface area contributed by atoms with Crippen molar-refractivity contribution in [3.63, 3.8) is 0 Å². The van der Waals surface area contributed by atoms with Gasteiger partial charge in [-0.2, -0.15) is 0 Å². The van der Waals surface area contributed by atoms with Gasteiger partial charge in [-0.1, -0.05) is 26.0 Å². The lowest BCUT2D eigenvalue weighted by Crippen LogP contribution is -2.46. The van der Waals surface area contributed by atoms with Crippen LogP contribution in [0.15, 0.2) is 24.3 Å². The van der Waals surface area contributed by atoms with Crippen LogP contribution in [-0.4, -0.2) is 42.5 Å². The molecule has 100 valence electrons. The van der Waals surface area contributed by atoms with E-state index in [2.05, 4.69) is 23.6 Å². The monoisotopic (exact) mass is 250 g/mol. The third kappa shape index (κ3) is 4.07. The van der Waals surface area contributed by atoms with E-state index in [1.165, 1.54) is 12.1 Å². The van der Waals surface area contributed by atoms with E-state index in [0.29, 0.717) is 0 Å². The zero-order valence-electron chi connectivity index (χ0n) is 11.4. The molecule has 1 saturated heterocycles. The summed E-state index contributed by atoms with van der Waals surface area (Å²) in [7, 11) is 0. The molecule has 1 aliphatic heterocycles. The second kappa shape index (κ2) is 6.30. The van der Waals surface area contributed by atoms with Gasteiger partial charge >= 0.3 is 0 Å². The van der Waals surface area contributed by atoms with Crippen LogP contribution < -0.4 is 0 Å². The average molecular weight is 250 g/mol. The van der Waals surface area contributed by atoms with Gasteiger partial charge in [0.2, 0.25) is 0 Å². The third-order valence-corrected chi connectivity index (χ3v) is 3.41. The van der Waals surface area contributed by atoms with E-state index in [1.54, 1.807) is 12.1 Å². The van der Waals surface area contributed by atoms with Gasteiger partial charge in [-0.05, 0) is 23.6 Å². The summed E-state index contributed by atoms with van der Waals surface area (Å²) in [4.78, 5) is 4.98. The van der Waals surface area contributed by atoms with Crippen molar-refractivity contribution in [3.05, 3.63) is 35.6 Å². The maximum atomic E-state index is 12.8. The zero-order valence-corrected chi connectivity index (χ0v) is 11.4. The van der Waals surface area contributed by atoms with E-state index in [4.69, 9.17) is 0 Å². The molecule has 0 atom stereocenters. The van der Waals surface area contributed by atoms with Crippen molar-refractivity contribution >= 4 is 0 Å². The molecule has 0 aliphatic carbocycles. The van der Waals surface area contributed by atoms with Gasteiger partial charge in [0.15, 0.2) is 0 Å². The average Bonchev–Trinajstić information content (AvgIpc) is 2.34. The van der Waals surface area contributed by atoms with Crippen LogP contribution in [-0.2, 0) is 6.54 Å². The molecular formula is C15H23FN2. The molecule has 1 fully saturated rings. The highest BCUT2D eigenvalue weighted by Gasteiger charge is 2.17. The highest BCUT2D eigenvalue weighted by Crippen LogP contribution is 2.10. The maximum Gasteiger partial charge on any atom is 0.123 e. The number of benzene rings is 1. The van der Waals surface area contributed by atoms with Crippen molar-refractivity contribution < 1.29 is 4.39 Å². The summed E-state index contributed by atoms with van der Waals surface area (Å²) in [6.07, 6.45) is 0. The van der Waals surface area contributed by atoms with Gasteiger partial charge in [-0.25, -0.2) is 4.39 Å². The summed E-state index contributed by atoms with van der Waals surface area (Å²) in [5.74, 6) is 0.592. The number of hydrogen-bond donors (Lipinski definition) is 0. The highest BCUT2D eigenvalue weighted by molar-refractivity contribution is 5.15. The standard InChI is InChI=1S/C15H23FN2/c1-13(2)11-17-7-9-18(10-8-17)12-14-3-5-15(16)6-4-14/h3-6,13H,7-12H2,1-2H3. The summed E-state index contributed by atoms with van der Waals surface area (Å²) in [5, 5.41) is 0. The molecule has 2 nitrogen and oxygen atoms in total. The van der Waals surface area contributed by atoms with Crippen LogP contribution in [0.3, 0.4) is 0 Å². The first kappa shape index (κ1) is 13.5. The van der Waals surface area contributed by atoms with Crippen LogP contribution in [0, 0.1) is 11.7 Å². The summed E-state index contributed by atoms with van der Waals surface area (Å²) in [5.41, 5.74) is 1.20. The van der Waals surface area contributed by atoms with Gasteiger partial charge in [0.05, 0.1) is 0 Å². The van der Waals surface area contributed by atoms with E-state index < -0.39 is 0 Å². The van der Waals surface area contributed by atoms with Gasteiger partial charge in [-0.3, -0.25) is 4.90 Å². The molecule has 0 aromatic heterocycles. The number of halogens is 1. The smallest absolute Gasteiger partial charge is 0.123 e. The highest BCUT2D eigenvalue weighted by atomic mass is 19.1. The lowest BCUT2D eigenvalue weighted by Gasteiger charge is -2.35. The molecule has 1 heterocycles. The van der Waals surface area contributed by atoms with E-state index in [-0.39, 0.29) is 5.82 Å². The van der Waals surface area contributed by atoms with Crippen LogP contribution in [0.25, 0.3) is 0 Å². The third-order valence-electron chi connectivity index (χ3n) is 3.41. The molecule has 0 N–H and O–H groups in total. The fraction of sp³-hybridized carbons (Fsp3) is 0.600. The Balaban J connectivity index is 1.78. The topological polar surface area (TPSA) is 6.48 Å². The van der Waals surface area contributed by atoms with E-state index in [9.17, 15) is 4.39 Å². The van der Waals surface area contributed by atoms with Crippen LogP contribution in [0.1, 0.15) is 19.4 Å². The Morgan fingerprint density at radius 3 is 2.11 bits per heavy atom. The molecule has 0 unspecified atom stereocenters. The largest absolute Gasteiger partial charge is 0.301 e. The molecule has 3 heteroatoms. The minimum atomic E-state index is -0.152. The summed E-state index contributed by atoms with van der Waals surface area (Å²) < 4.78 is 12.8. The maximum absolute atomic E-state index is 12.8. The minimum Gasteiger partial charge on any atom is -0.301 e. The predicted octanol–water partition coefficient (Wildman–Crippen LogP) is 2.60. The van der Waals surface area contributed by atoms with Gasteiger partial charge < -0.3 is 4.90 Å². The number of rotatable bonds is 4. The van der Waals surface area contributed by atoms with Crippen molar-refractivity contribution in [1.82, 2.24) is 9.80 Å². The molecule has 0 amide bonds. The van der Waals surface area contributed by atoms with Gasteiger partial charge in [0, 0.05) is 39.3 Å². The Labute approximate surface area is 109 Å². The number of piperazine rings is 1.